The largest absolute Gasteiger partial charge is 0.300 e. The topological polar surface area (TPSA) is 67.2 Å². The number of nitrogens with zero attached hydrogens (tertiary/aromatic N) is 3. The third-order valence-corrected chi connectivity index (χ3v) is 4.11. The molecule has 1 aliphatic rings. The van der Waals surface area contributed by atoms with Crippen LogP contribution < -0.4 is 5.32 Å². The first-order chi connectivity index (χ1) is 9.45. The summed E-state index contributed by atoms with van der Waals surface area (Å²) in [6.07, 6.45) is 0.915. The summed E-state index contributed by atoms with van der Waals surface area (Å²) in [5, 5.41) is 8.14. The van der Waals surface area contributed by atoms with Gasteiger partial charge in [-0.1, -0.05) is 11.6 Å². The van der Waals surface area contributed by atoms with E-state index in [1.54, 1.807) is 0 Å². The van der Waals surface area contributed by atoms with Crippen LogP contribution in [0.5, 0.6) is 0 Å². The number of aromatic nitrogens is 2. The standard InChI is InChI=1S/C13H19ClN4O2/c1-4-18-10(12(14)8(2)16-18)7-15-9-5-6-11(19)17(3)13(9)20/h9,15H,4-7H2,1-3H3. The average molecular weight is 299 g/mol. The predicted octanol–water partition coefficient (Wildman–Crippen LogP) is 1.10. The molecule has 0 aromatic carbocycles. The molecular weight excluding hydrogens is 280 g/mol. The average Bonchev–Trinajstić information content (AvgIpc) is 2.71. The summed E-state index contributed by atoms with van der Waals surface area (Å²) in [5.41, 5.74) is 1.66. The number of amides is 2. The maximum atomic E-state index is 12.0. The molecule has 0 aliphatic carbocycles. The summed E-state index contributed by atoms with van der Waals surface area (Å²) in [6.45, 7) is 5.04. The van der Waals surface area contributed by atoms with Gasteiger partial charge in [0.2, 0.25) is 11.8 Å². The van der Waals surface area contributed by atoms with Gasteiger partial charge in [0.25, 0.3) is 0 Å². The van der Waals surface area contributed by atoms with E-state index in [9.17, 15) is 9.59 Å². The Morgan fingerprint density at radius 3 is 2.80 bits per heavy atom. The van der Waals surface area contributed by atoms with Crippen molar-refractivity contribution in [2.24, 2.45) is 0 Å². The highest BCUT2D eigenvalue weighted by atomic mass is 35.5. The van der Waals surface area contributed by atoms with E-state index in [-0.39, 0.29) is 17.9 Å². The molecule has 2 rings (SSSR count). The lowest BCUT2D eigenvalue weighted by atomic mass is 10.0. The minimum absolute atomic E-state index is 0.125. The van der Waals surface area contributed by atoms with Crippen molar-refractivity contribution in [1.82, 2.24) is 20.0 Å². The van der Waals surface area contributed by atoms with E-state index in [0.717, 1.165) is 17.9 Å². The van der Waals surface area contributed by atoms with Crippen molar-refractivity contribution < 1.29 is 9.59 Å². The molecule has 7 heteroatoms. The van der Waals surface area contributed by atoms with Gasteiger partial charge >= 0.3 is 0 Å². The van der Waals surface area contributed by atoms with Crippen molar-refractivity contribution in [3.05, 3.63) is 16.4 Å². The third-order valence-electron chi connectivity index (χ3n) is 3.62. The van der Waals surface area contributed by atoms with Crippen LogP contribution in [-0.4, -0.2) is 39.6 Å². The van der Waals surface area contributed by atoms with Crippen molar-refractivity contribution in [2.45, 2.75) is 45.8 Å². The Hall–Kier alpha value is -1.40. The van der Waals surface area contributed by atoms with E-state index >= 15 is 0 Å². The molecule has 1 fully saturated rings. The minimum atomic E-state index is -0.339. The SMILES string of the molecule is CCn1nc(C)c(Cl)c1CNC1CCC(=O)N(C)C1=O. The first-order valence-corrected chi connectivity index (χ1v) is 7.09. The number of imide groups is 1. The van der Waals surface area contributed by atoms with E-state index in [4.69, 9.17) is 11.6 Å². The maximum Gasteiger partial charge on any atom is 0.246 e. The molecule has 1 N–H and O–H groups in total. The van der Waals surface area contributed by atoms with Crippen LogP contribution in [0.3, 0.4) is 0 Å². The Kier molecular flexibility index (Phi) is 4.45. The van der Waals surface area contributed by atoms with E-state index in [1.807, 2.05) is 18.5 Å². The van der Waals surface area contributed by atoms with Gasteiger partial charge in [0, 0.05) is 26.6 Å². The zero-order chi connectivity index (χ0) is 14.9. The molecule has 2 heterocycles. The smallest absolute Gasteiger partial charge is 0.246 e. The molecule has 1 unspecified atom stereocenters. The van der Waals surface area contributed by atoms with Gasteiger partial charge in [-0.15, -0.1) is 0 Å². The molecule has 1 aliphatic heterocycles. The number of piperidine rings is 1. The number of carbonyl (C=O) groups excluding carboxylic acids is 2. The highest BCUT2D eigenvalue weighted by Gasteiger charge is 2.31. The molecule has 2 amide bonds. The van der Waals surface area contributed by atoms with Crippen LogP contribution >= 0.6 is 11.6 Å². The van der Waals surface area contributed by atoms with Gasteiger partial charge in [-0.3, -0.25) is 19.2 Å². The molecule has 0 spiro atoms. The van der Waals surface area contributed by atoms with Gasteiger partial charge in [-0.2, -0.15) is 5.10 Å². The monoisotopic (exact) mass is 298 g/mol. The molecule has 1 saturated heterocycles. The second-order valence-electron chi connectivity index (χ2n) is 4.93. The second-order valence-corrected chi connectivity index (χ2v) is 5.30. The van der Waals surface area contributed by atoms with Gasteiger partial charge in [-0.25, -0.2) is 0 Å². The molecule has 6 nitrogen and oxygen atoms in total. The molecule has 0 radical (unpaired) electrons. The van der Waals surface area contributed by atoms with Gasteiger partial charge < -0.3 is 5.32 Å². The number of aryl methyl sites for hydroxylation is 2. The predicted molar refractivity (Wildman–Crippen MR) is 75.3 cm³/mol. The van der Waals surface area contributed by atoms with Gasteiger partial charge in [0.05, 0.1) is 22.5 Å². The van der Waals surface area contributed by atoms with Gasteiger partial charge in [0.1, 0.15) is 0 Å². The maximum absolute atomic E-state index is 12.0. The highest BCUT2D eigenvalue weighted by Crippen LogP contribution is 2.21. The van der Waals surface area contributed by atoms with Crippen LogP contribution in [0.2, 0.25) is 5.02 Å². The molecule has 0 bridgehead atoms. The number of carbonyl (C=O) groups is 2. The summed E-state index contributed by atoms with van der Waals surface area (Å²) in [5.74, 6) is -0.308. The van der Waals surface area contributed by atoms with E-state index in [0.29, 0.717) is 24.4 Å². The van der Waals surface area contributed by atoms with Crippen LogP contribution in [0.25, 0.3) is 0 Å². The second kappa shape index (κ2) is 5.93. The molecule has 1 aromatic rings. The van der Waals surface area contributed by atoms with Crippen LogP contribution in [0.4, 0.5) is 0 Å². The quantitative estimate of drug-likeness (QED) is 0.845. The number of hydrogen-bond acceptors (Lipinski definition) is 4. The minimum Gasteiger partial charge on any atom is -0.300 e. The Balaban J connectivity index is 2.06. The number of hydrogen-bond donors (Lipinski definition) is 1. The summed E-state index contributed by atoms with van der Waals surface area (Å²) < 4.78 is 1.83. The number of nitrogens with one attached hydrogen (secondary N) is 1. The van der Waals surface area contributed by atoms with Crippen molar-refractivity contribution in [3.63, 3.8) is 0 Å². The first kappa shape index (κ1) is 15.0. The fourth-order valence-electron chi connectivity index (χ4n) is 2.36. The van der Waals surface area contributed by atoms with Crippen LogP contribution in [0.1, 0.15) is 31.2 Å². The van der Waals surface area contributed by atoms with Gasteiger partial charge in [0.15, 0.2) is 0 Å². The van der Waals surface area contributed by atoms with Crippen molar-refractivity contribution in [3.8, 4) is 0 Å². The van der Waals surface area contributed by atoms with Crippen molar-refractivity contribution in [1.29, 1.82) is 0 Å². The molecule has 0 saturated carbocycles. The zero-order valence-corrected chi connectivity index (χ0v) is 12.7. The Morgan fingerprint density at radius 1 is 1.45 bits per heavy atom. The lowest BCUT2D eigenvalue weighted by molar-refractivity contribution is -0.148. The number of rotatable bonds is 4. The van der Waals surface area contributed by atoms with E-state index in [1.165, 1.54) is 11.9 Å². The fourth-order valence-corrected chi connectivity index (χ4v) is 2.56. The Labute approximate surface area is 123 Å². The molecule has 110 valence electrons. The molecule has 1 atom stereocenters. The molecular formula is C13H19ClN4O2. The highest BCUT2D eigenvalue weighted by molar-refractivity contribution is 6.31. The molecule has 20 heavy (non-hydrogen) atoms. The van der Waals surface area contributed by atoms with E-state index < -0.39 is 0 Å². The number of halogens is 1. The number of likely N-dealkylation sites (N-methyl/N-ethyl adjacent to an activating group) is 1. The summed E-state index contributed by atoms with van der Waals surface area (Å²) in [7, 11) is 1.52. The van der Waals surface area contributed by atoms with Crippen LogP contribution in [0.15, 0.2) is 0 Å². The van der Waals surface area contributed by atoms with Crippen LogP contribution in [-0.2, 0) is 22.7 Å². The van der Waals surface area contributed by atoms with Crippen LogP contribution in [0, 0.1) is 6.92 Å². The van der Waals surface area contributed by atoms with E-state index in [2.05, 4.69) is 10.4 Å². The van der Waals surface area contributed by atoms with Gasteiger partial charge in [-0.05, 0) is 20.3 Å². The Morgan fingerprint density at radius 2 is 2.15 bits per heavy atom. The zero-order valence-electron chi connectivity index (χ0n) is 11.9. The fraction of sp³-hybridized carbons (Fsp3) is 0.615. The van der Waals surface area contributed by atoms with Crippen molar-refractivity contribution >= 4 is 23.4 Å². The normalized spacial score (nSPS) is 19.8. The summed E-state index contributed by atoms with van der Waals surface area (Å²) in [6, 6.07) is -0.339. The third kappa shape index (κ3) is 2.71. The first-order valence-electron chi connectivity index (χ1n) is 6.71. The number of likely N-dealkylation sites (tertiary alicyclic amines) is 1. The lowest BCUT2D eigenvalue weighted by Crippen LogP contribution is -2.51. The Bertz CT molecular complexity index is 541. The molecule has 1 aromatic heterocycles. The lowest BCUT2D eigenvalue weighted by Gasteiger charge is -2.28. The van der Waals surface area contributed by atoms with Crippen molar-refractivity contribution in [2.75, 3.05) is 7.05 Å². The summed E-state index contributed by atoms with van der Waals surface area (Å²) >= 11 is 6.23. The summed E-state index contributed by atoms with van der Waals surface area (Å²) in [4.78, 5) is 24.6.